The Bertz CT molecular complexity index is 312. The van der Waals surface area contributed by atoms with Gasteiger partial charge in [-0.2, -0.15) is 0 Å². The lowest BCUT2D eigenvalue weighted by Crippen LogP contribution is -1.91. The minimum atomic E-state index is -0.219. The summed E-state index contributed by atoms with van der Waals surface area (Å²) in [5, 5.41) is 18.6. The molecule has 1 atom stereocenters. The number of halogens is 1. The zero-order chi connectivity index (χ0) is 11.3. The van der Waals surface area contributed by atoms with Gasteiger partial charge in [0, 0.05) is 5.56 Å². The van der Waals surface area contributed by atoms with Gasteiger partial charge in [0.1, 0.15) is 11.5 Å². The van der Waals surface area contributed by atoms with E-state index in [0.717, 1.165) is 25.7 Å². The molecule has 1 rings (SSSR count). The molecule has 3 heteroatoms. The molecule has 0 saturated carbocycles. The average Bonchev–Trinajstić information content (AvgIpc) is 2.22. The molecule has 1 aromatic carbocycles. The van der Waals surface area contributed by atoms with E-state index in [0.29, 0.717) is 5.56 Å². The van der Waals surface area contributed by atoms with E-state index in [2.05, 4.69) is 6.92 Å². The smallest absolute Gasteiger partial charge is 0.120 e. The molecule has 2 nitrogen and oxygen atoms in total. The van der Waals surface area contributed by atoms with E-state index < -0.39 is 0 Å². The van der Waals surface area contributed by atoms with Crippen LogP contribution < -0.4 is 0 Å². The summed E-state index contributed by atoms with van der Waals surface area (Å²) in [5.41, 5.74) is 0.618. The molecule has 0 heterocycles. The van der Waals surface area contributed by atoms with Crippen LogP contribution in [0.2, 0.25) is 0 Å². The molecule has 0 aliphatic rings. The summed E-state index contributed by atoms with van der Waals surface area (Å²) < 4.78 is 0. The normalized spacial score (nSPS) is 12.7. The van der Waals surface area contributed by atoms with E-state index in [9.17, 15) is 10.2 Å². The molecule has 0 spiro atoms. The van der Waals surface area contributed by atoms with Gasteiger partial charge in [0.2, 0.25) is 0 Å². The van der Waals surface area contributed by atoms with E-state index in [1.165, 1.54) is 18.2 Å². The molecule has 1 aromatic rings. The molecule has 0 saturated heterocycles. The van der Waals surface area contributed by atoms with Gasteiger partial charge in [0.05, 0.1) is 5.38 Å². The van der Waals surface area contributed by atoms with E-state index in [4.69, 9.17) is 11.6 Å². The maximum Gasteiger partial charge on any atom is 0.120 e. The third-order valence-corrected chi connectivity index (χ3v) is 2.86. The SMILES string of the molecule is CCCCCC(Cl)c1cc(O)ccc1O. The van der Waals surface area contributed by atoms with Gasteiger partial charge in [-0.25, -0.2) is 0 Å². The average molecular weight is 229 g/mol. The predicted octanol–water partition coefficient (Wildman–Crippen LogP) is 3.96. The number of phenolic OH excluding ortho intramolecular Hbond substituents is 2. The second kappa shape index (κ2) is 5.86. The Morgan fingerprint density at radius 1 is 1.27 bits per heavy atom. The zero-order valence-electron chi connectivity index (χ0n) is 8.91. The summed E-state index contributed by atoms with van der Waals surface area (Å²) in [7, 11) is 0. The predicted molar refractivity (Wildman–Crippen MR) is 62.5 cm³/mol. The highest BCUT2D eigenvalue weighted by Crippen LogP contribution is 2.34. The molecule has 84 valence electrons. The van der Waals surface area contributed by atoms with E-state index in [1.54, 1.807) is 0 Å². The Kier molecular flexibility index (Phi) is 4.76. The third kappa shape index (κ3) is 3.63. The summed E-state index contributed by atoms with van der Waals surface area (Å²) >= 11 is 6.15. The van der Waals surface area contributed by atoms with Crippen molar-refractivity contribution >= 4 is 11.6 Å². The van der Waals surface area contributed by atoms with Crippen LogP contribution in [0, 0.1) is 0 Å². The fourth-order valence-electron chi connectivity index (χ4n) is 1.52. The third-order valence-electron chi connectivity index (χ3n) is 2.41. The first kappa shape index (κ1) is 12.2. The standard InChI is InChI=1S/C12H17ClO2/c1-2-3-4-5-11(13)10-8-9(14)6-7-12(10)15/h6-8,11,14-15H,2-5H2,1H3. The van der Waals surface area contributed by atoms with Crippen molar-refractivity contribution in [1.82, 2.24) is 0 Å². The lowest BCUT2D eigenvalue weighted by molar-refractivity contribution is 0.451. The summed E-state index contributed by atoms with van der Waals surface area (Å²) in [6, 6.07) is 4.45. The van der Waals surface area contributed by atoms with Crippen LogP contribution >= 0.6 is 11.6 Å². The quantitative estimate of drug-likeness (QED) is 0.455. The van der Waals surface area contributed by atoms with Crippen LogP contribution in [0.4, 0.5) is 0 Å². The van der Waals surface area contributed by atoms with Gasteiger partial charge in [0.25, 0.3) is 0 Å². The fourth-order valence-corrected chi connectivity index (χ4v) is 1.85. The van der Waals surface area contributed by atoms with Gasteiger partial charge < -0.3 is 10.2 Å². The molecule has 0 aliphatic heterocycles. The monoisotopic (exact) mass is 228 g/mol. The van der Waals surface area contributed by atoms with Crippen molar-refractivity contribution < 1.29 is 10.2 Å². The number of rotatable bonds is 5. The van der Waals surface area contributed by atoms with Crippen LogP contribution in [-0.4, -0.2) is 10.2 Å². The number of benzene rings is 1. The molecular formula is C12H17ClO2. The van der Waals surface area contributed by atoms with Gasteiger partial charge in [0.15, 0.2) is 0 Å². The Morgan fingerprint density at radius 2 is 2.00 bits per heavy atom. The Labute approximate surface area is 95.5 Å². The minimum Gasteiger partial charge on any atom is -0.508 e. The van der Waals surface area contributed by atoms with Crippen molar-refractivity contribution in [3.05, 3.63) is 23.8 Å². The number of aromatic hydroxyl groups is 2. The summed E-state index contributed by atoms with van der Waals surface area (Å²) in [6.45, 7) is 2.13. The van der Waals surface area contributed by atoms with Crippen LogP contribution in [0.1, 0.15) is 43.5 Å². The molecule has 0 aliphatic carbocycles. The molecule has 2 N–H and O–H groups in total. The maximum atomic E-state index is 9.57. The number of hydrogen-bond acceptors (Lipinski definition) is 2. The van der Waals surface area contributed by atoms with Crippen LogP contribution in [0.25, 0.3) is 0 Å². The lowest BCUT2D eigenvalue weighted by atomic mass is 10.0. The summed E-state index contributed by atoms with van der Waals surface area (Å²) in [4.78, 5) is 0. The molecule has 0 fully saturated rings. The van der Waals surface area contributed by atoms with Crippen LogP contribution in [-0.2, 0) is 0 Å². The fraction of sp³-hybridized carbons (Fsp3) is 0.500. The van der Waals surface area contributed by atoms with Gasteiger partial charge >= 0.3 is 0 Å². The van der Waals surface area contributed by atoms with E-state index >= 15 is 0 Å². The first-order chi connectivity index (χ1) is 7.15. The number of unbranched alkanes of at least 4 members (excludes halogenated alkanes) is 2. The van der Waals surface area contributed by atoms with Gasteiger partial charge in [-0.3, -0.25) is 0 Å². The lowest BCUT2D eigenvalue weighted by Gasteiger charge is -2.11. The summed E-state index contributed by atoms with van der Waals surface area (Å²) in [5.74, 6) is 0.299. The van der Waals surface area contributed by atoms with Crippen LogP contribution in [0.5, 0.6) is 11.5 Å². The molecule has 0 aromatic heterocycles. The van der Waals surface area contributed by atoms with Gasteiger partial charge in [-0.1, -0.05) is 26.2 Å². The van der Waals surface area contributed by atoms with Gasteiger partial charge in [-0.15, -0.1) is 11.6 Å². The molecule has 0 amide bonds. The topological polar surface area (TPSA) is 40.5 Å². The van der Waals surface area contributed by atoms with E-state index in [-0.39, 0.29) is 16.9 Å². The van der Waals surface area contributed by atoms with Crippen molar-refractivity contribution in [2.75, 3.05) is 0 Å². The minimum absolute atomic E-state index is 0.143. The van der Waals surface area contributed by atoms with Gasteiger partial charge in [-0.05, 0) is 24.6 Å². The zero-order valence-corrected chi connectivity index (χ0v) is 9.67. The van der Waals surface area contributed by atoms with Crippen molar-refractivity contribution in [1.29, 1.82) is 0 Å². The number of alkyl halides is 1. The highest BCUT2D eigenvalue weighted by molar-refractivity contribution is 6.21. The van der Waals surface area contributed by atoms with Crippen molar-refractivity contribution in [3.8, 4) is 11.5 Å². The molecule has 15 heavy (non-hydrogen) atoms. The van der Waals surface area contributed by atoms with Crippen LogP contribution in [0.3, 0.4) is 0 Å². The van der Waals surface area contributed by atoms with Crippen molar-refractivity contribution in [2.24, 2.45) is 0 Å². The summed E-state index contributed by atoms with van der Waals surface area (Å²) in [6.07, 6.45) is 4.16. The molecule has 0 radical (unpaired) electrons. The second-order valence-electron chi connectivity index (χ2n) is 3.71. The maximum absolute atomic E-state index is 9.57. The number of phenols is 2. The highest BCUT2D eigenvalue weighted by Gasteiger charge is 2.12. The molecular weight excluding hydrogens is 212 g/mol. The van der Waals surface area contributed by atoms with Crippen LogP contribution in [0.15, 0.2) is 18.2 Å². The Hall–Kier alpha value is -0.890. The van der Waals surface area contributed by atoms with Crippen molar-refractivity contribution in [3.63, 3.8) is 0 Å². The Morgan fingerprint density at radius 3 is 2.67 bits per heavy atom. The highest BCUT2D eigenvalue weighted by atomic mass is 35.5. The van der Waals surface area contributed by atoms with Crippen molar-refractivity contribution in [2.45, 2.75) is 38.0 Å². The second-order valence-corrected chi connectivity index (χ2v) is 4.23. The largest absolute Gasteiger partial charge is 0.508 e. The number of hydrogen-bond donors (Lipinski definition) is 2. The Balaban J connectivity index is 2.64. The first-order valence-electron chi connectivity index (χ1n) is 5.31. The van der Waals surface area contributed by atoms with E-state index in [1.807, 2.05) is 0 Å². The molecule has 0 bridgehead atoms. The molecule has 1 unspecified atom stereocenters. The first-order valence-corrected chi connectivity index (χ1v) is 5.74.